The molecule has 2 unspecified atom stereocenters. The van der Waals surface area contributed by atoms with Gasteiger partial charge in [-0.3, -0.25) is 0 Å². The fourth-order valence-electron chi connectivity index (χ4n) is 2.00. The fraction of sp³-hybridized carbons (Fsp3) is 0.909. The molecule has 4 nitrogen and oxygen atoms in total. The van der Waals surface area contributed by atoms with Gasteiger partial charge < -0.3 is 14.9 Å². The number of hydrogen-bond donors (Lipinski definition) is 1. The molecule has 2 atom stereocenters. The third-order valence-electron chi connectivity index (χ3n) is 3.16. The Morgan fingerprint density at radius 2 is 2.07 bits per heavy atom. The number of likely N-dealkylation sites (tertiary alicyclic amines) is 1. The van der Waals surface area contributed by atoms with Crippen LogP contribution in [0.4, 0.5) is 4.79 Å². The summed E-state index contributed by atoms with van der Waals surface area (Å²) in [5.41, 5.74) is 0. The molecule has 0 spiro atoms. The lowest BCUT2D eigenvalue weighted by Crippen LogP contribution is -2.50. The van der Waals surface area contributed by atoms with Gasteiger partial charge in [0.15, 0.2) is 0 Å². The second-order valence-corrected chi connectivity index (χ2v) is 4.23. The van der Waals surface area contributed by atoms with Gasteiger partial charge >= 0.3 is 6.03 Å². The summed E-state index contributed by atoms with van der Waals surface area (Å²) in [6, 6.07) is 0.110. The van der Waals surface area contributed by atoms with Gasteiger partial charge in [0.2, 0.25) is 0 Å². The van der Waals surface area contributed by atoms with Crippen LogP contribution in [0.15, 0.2) is 0 Å². The molecule has 15 heavy (non-hydrogen) atoms. The highest BCUT2D eigenvalue weighted by molar-refractivity contribution is 5.74. The minimum Gasteiger partial charge on any atom is -0.393 e. The average molecular weight is 214 g/mol. The first kappa shape index (κ1) is 12.3. The van der Waals surface area contributed by atoms with Crippen LogP contribution in [0.2, 0.25) is 0 Å². The normalized spacial score (nSPS) is 26.5. The van der Waals surface area contributed by atoms with Crippen LogP contribution in [0.3, 0.4) is 0 Å². The van der Waals surface area contributed by atoms with Gasteiger partial charge in [0.05, 0.1) is 6.10 Å². The van der Waals surface area contributed by atoms with Crippen LogP contribution in [0, 0.1) is 5.92 Å². The van der Waals surface area contributed by atoms with E-state index in [0.29, 0.717) is 19.5 Å². The van der Waals surface area contributed by atoms with Crippen LogP contribution >= 0.6 is 0 Å². The Morgan fingerprint density at radius 3 is 2.53 bits per heavy atom. The molecule has 2 amide bonds. The first-order chi connectivity index (χ1) is 7.10. The molecule has 0 saturated carbocycles. The monoisotopic (exact) mass is 214 g/mol. The molecule has 0 bridgehead atoms. The van der Waals surface area contributed by atoms with Crippen molar-refractivity contribution in [3.8, 4) is 0 Å². The summed E-state index contributed by atoms with van der Waals surface area (Å²) in [5, 5.41) is 9.58. The average Bonchev–Trinajstić information content (AvgIpc) is 2.23. The molecule has 1 aliphatic heterocycles. The molecule has 1 aliphatic rings. The molecule has 1 fully saturated rings. The minimum atomic E-state index is -0.245. The Hall–Kier alpha value is -0.770. The number of nitrogens with zero attached hydrogens (tertiary/aromatic N) is 2. The van der Waals surface area contributed by atoms with E-state index in [0.717, 1.165) is 13.1 Å². The Bertz CT molecular complexity index is 217. The molecule has 0 aromatic rings. The highest BCUT2D eigenvalue weighted by Gasteiger charge is 2.28. The molecule has 0 radical (unpaired) electrons. The van der Waals surface area contributed by atoms with Gasteiger partial charge in [0.25, 0.3) is 0 Å². The number of amides is 2. The van der Waals surface area contributed by atoms with E-state index in [-0.39, 0.29) is 18.1 Å². The van der Waals surface area contributed by atoms with E-state index in [1.807, 2.05) is 30.6 Å². The van der Waals surface area contributed by atoms with E-state index in [9.17, 15) is 9.90 Å². The van der Waals surface area contributed by atoms with E-state index in [2.05, 4.69) is 0 Å². The number of urea groups is 1. The lowest BCUT2D eigenvalue weighted by Gasteiger charge is -2.37. The molecule has 0 aromatic carbocycles. The number of piperidine rings is 1. The standard InChI is InChI=1S/C11H22N2O2/c1-4-12(5-2)11(15)13-7-6-10(14)9(3)8-13/h9-10,14H,4-8H2,1-3H3. The maximum atomic E-state index is 12.0. The zero-order chi connectivity index (χ0) is 11.4. The largest absolute Gasteiger partial charge is 0.393 e. The molecular formula is C11H22N2O2. The van der Waals surface area contributed by atoms with Crippen molar-refractivity contribution in [2.24, 2.45) is 5.92 Å². The van der Waals surface area contributed by atoms with Crippen molar-refractivity contribution in [1.82, 2.24) is 9.80 Å². The summed E-state index contributed by atoms with van der Waals surface area (Å²) in [6.07, 6.45) is 0.458. The molecular weight excluding hydrogens is 192 g/mol. The van der Waals surface area contributed by atoms with Crippen LogP contribution in [0.25, 0.3) is 0 Å². The van der Waals surface area contributed by atoms with Gasteiger partial charge in [-0.2, -0.15) is 0 Å². The number of aliphatic hydroxyl groups excluding tert-OH is 1. The summed E-state index contributed by atoms with van der Waals surface area (Å²) in [4.78, 5) is 15.7. The van der Waals surface area contributed by atoms with Crippen LogP contribution in [-0.4, -0.2) is 53.2 Å². The fourth-order valence-corrected chi connectivity index (χ4v) is 2.00. The predicted molar refractivity (Wildman–Crippen MR) is 59.7 cm³/mol. The van der Waals surface area contributed by atoms with Crippen LogP contribution in [0.1, 0.15) is 27.2 Å². The molecule has 1 N–H and O–H groups in total. The number of aliphatic hydroxyl groups is 1. The van der Waals surface area contributed by atoms with Crippen molar-refractivity contribution >= 4 is 6.03 Å². The second-order valence-electron chi connectivity index (χ2n) is 4.23. The maximum absolute atomic E-state index is 12.0. The summed E-state index contributed by atoms with van der Waals surface area (Å²) in [5.74, 6) is 0.193. The molecule has 1 saturated heterocycles. The first-order valence-corrected chi connectivity index (χ1v) is 5.82. The van der Waals surface area contributed by atoms with Crippen molar-refractivity contribution in [3.63, 3.8) is 0 Å². The third kappa shape index (κ3) is 2.84. The van der Waals surface area contributed by atoms with Gasteiger partial charge in [-0.1, -0.05) is 6.92 Å². The maximum Gasteiger partial charge on any atom is 0.319 e. The van der Waals surface area contributed by atoms with Crippen molar-refractivity contribution in [1.29, 1.82) is 0 Å². The third-order valence-corrected chi connectivity index (χ3v) is 3.16. The molecule has 0 aliphatic carbocycles. The van der Waals surface area contributed by atoms with Crippen LogP contribution in [0.5, 0.6) is 0 Å². The topological polar surface area (TPSA) is 43.8 Å². The van der Waals surface area contributed by atoms with Crippen molar-refractivity contribution < 1.29 is 9.90 Å². The summed E-state index contributed by atoms with van der Waals surface area (Å²) < 4.78 is 0. The van der Waals surface area contributed by atoms with Gasteiger partial charge in [0.1, 0.15) is 0 Å². The van der Waals surface area contributed by atoms with E-state index >= 15 is 0 Å². The van der Waals surface area contributed by atoms with Crippen LogP contribution < -0.4 is 0 Å². The molecule has 4 heteroatoms. The lowest BCUT2D eigenvalue weighted by molar-refractivity contribution is 0.0410. The summed E-state index contributed by atoms with van der Waals surface area (Å²) >= 11 is 0. The molecule has 1 heterocycles. The highest BCUT2D eigenvalue weighted by atomic mass is 16.3. The number of carbonyl (C=O) groups excluding carboxylic acids is 1. The number of carbonyl (C=O) groups is 1. The van der Waals surface area contributed by atoms with E-state index in [4.69, 9.17) is 0 Å². The van der Waals surface area contributed by atoms with Crippen LogP contribution in [-0.2, 0) is 0 Å². The zero-order valence-electron chi connectivity index (χ0n) is 9.94. The van der Waals surface area contributed by atoms with E-state index < -0.39 is 0 Å². The van der Waals surface area contributed by atoms with Crippen molar-refractivity contribution in [2.45, 2.75) is 33.3 Å². The number of rotatable bonds is 2. The van der Waals surface area contributed by atoms with E-state index in [1.54, 1.807) is 0 Å². The van der Waals surface area contributed by atoms with Gasteiger partial charge in [0, 0.05) is 26.2 Å². The lowest BCUT2D eigenvalue weighted by atomic mass is 9.97. The Kier molecular flexibility index (Phi) is 4.39. The summed E-state index contributed by atoms with van der Waals surface area (Å²) in [7, 11) is 0. The first-order valence-electron chi connectivity index (χ1n) is 5.82. The molecule has 1 rings (SSSR count). The molecule has 0 aromatic heterocycles. The van der Waals surface area contributed by atoms with Gasteiger partial charge in [-0.25, -0.2) is 4.79 Å². The second kappa shape index (κ2) is 5.35. The van der Waals surface area contributed by atoms with E-state index in [1.165, 1.54) is 0 Å². The quantitative estimate of drug-likeness (QED) is 0.749. The van der Waals surface area contributed by atoms with Crippen molar-refractivity contribution in [2.75, 3.05) is 26.2 Å². The van der Waals surface area contributed by atoms with Crippen molar-refractivity contribution in [3.05, 3.63) is 0 Å². The SMILES string of the molecule is CCN(CC)C(=O)N1CCC(O)C(C)C1. The van der Waals surface area contributed by atoms with Gasteiger partial charge in [-0.15, -0.1) is 0 Å². The minimum absolute atomic E-state index is 0.110. The zero-order valence-corrected chi connectivity index (χ0v) is 9.94. The van der Waals surface area contributed by atoms with Gasteiger partial charge in [-0.05, 0) is 26.2 Å². The summed E-state index contributed by atoms with van der Waals surface area (Å²) in [6.45, 7) is 8.84. The number of hydrogen-bond acceptors (Lipinski definition) is 2. The Morgan fingerprint density at radius 1 is 1.47 bits per heavy atom. The highest BCUT2D eigenvalue weighted by Crippen LogP contribution is 2.17. The Labute approximate surface area is 91.9 Å². The molecule has 88 valence electrons. The Balaban J connectivity index is 2.53. The smallest absolute Gasteiger partial charge is 0.319 e. The predicted octanol–water partition coefficient (Wildman–Crippen LogP) is 1.15.